The number of nitrogens with one attached hydrogen (secondary N) is 1. The summed E-state index contributed by atoms with van der Waals surface area (Å²) in [7, 11) is 0. The lowest BCUT2D eigenvalue weighted by molar-refractivity contribution is -0.302. The zero-order valence-corrected chi connectivity index (χ0v) is 59.0. The first-order chi connectivity index (χ1) is 45.3. The van der Waals surface area contributed by atoms with Crippen molar-refractivity contribution in [1.82, 2.24) is 5.32 Å². The number of hydrogen-bond donors (Lipinski definition) is 6. The molecule has 0 aromatic heterocycles. The summed E-state index contributed by atoms with van der Waals surface area (Å²) in [4.78, 5) is 13.2. The SMILES string of the molecule is CC/C=C\C/C=C\C/C=C\C/C=C\C/C=C\C/C=C\C/C=C\C/C=C\C/C=C\C/C=C\C/C=C\CCCCCCCC(=O)NC(COC1OC(CO)C(O)C(O)C1O)C(O)/C=C/CCCCCCCCCCCCCCCCCCCCCCCCCCCCCC. The Labute approximate surface area is 565 Å². The number of aliphatic hydroxyl groups excluding tert-OH is 5. The number of ether oxygens (including phenoxy) is 2. The average Bonchev–Trinajstić information content (AvgIpc) is 1.45. The van der Waals surface area contributed by atoms with E-state index in [1.54, 1.807) is 6.08 Å². The van der Waals surface area contributed by atoms with Crippen LogP contribution in [0.25, 0.3) is 0 Å². The summed E-state index contributed by atoms with van der Waals surface area (Å²) in [5, 5.41) is 54.8. The van der Waals surface area contributed by atoms with E-state index in [4.69, 9.17) is 9.47 Å². The normalized spacial score (nSPS) is 18.5. The second kappa shape index (κ2) is 69.9. The Kier molecular flexibility index (Phi) is 65.4. The maximum absolute atomic E-state index is 13.2. The number of carbonyl (C=O) groups excluding carboxylic acids is 1. The van der Waals surface area contributed by atoms with E-state index in [0.717, 1.165) is 128 Å². The molecule has 0 radical (unpaired) electrons. The van der Waals surface area contributed by atoms with Crippen LogP contribution in [0.1, 0.15) is 316 Å². The highest BCUT2D eigenvalue weighted by Crippen LogP contribution is 2.23. The molecule has 1 rings (SSSR count). The smallest absolute Gasteiger partial charge is 0.220 e. The van der Waals surface area contributed by atoms with Crippen molar-refractivity contribution in [3.05, 3.63) is 146 Å². The molecule has 0 aromatic rings. The van der Waals surface area contributed by atoms with E-state index in [9.17, 15) is 30.3 Å². The molecule has 0 spiro atoms. The third kappa shape index (κ3) is 57.5. The van der Waals surface area contributed by atoms with Crippen LogP contribution in [0.5, 0.6) is 0 Å². The molecule has 92 heavy (non-hydrogen) atoms. The van der Waals surface area contributed by atoms with E-state index >= 15 is 0 Å². The van der Waals surface area contributed by atoms with Gasteiger partial charge in [-0.05, 0) is 103 Å². The highest BCUT2D eigenvalue weighted by molar-refractivity contribution is 5.76. The monoisotopic (exact) mass is 1280 g/mol. The van der Waals surface area contributed by atoms with Gasteiger partial charge >= 0.3 is 0 Å². The minimum Gasteiger partial charge on any atom is -0.394 e. The highest BCUT2D eigenvalue weighted by Gasteiger charge is 2.44. The maximum Gasteiger partial charge on any atom is 0.220 e. The predicted molar refractivity (Wildman–Crippen MR) is 396 cm³/mol. The number of amides is 1. The van der Waals surface area contributed by atoms with Gasteiger partial charge in [0.1, 0.15) is 24.4 Å². The van der Waals surface area contributed by atoms with Gasteiger partial charge in [0.25, 0.3) is 0 Å². The Bertz CT molecular complexity index is 1970. The average molecular weight is 1280 g/mol. The first-order valence-corrected chi connectivity index (χ1v) is 38.1. The van der Waals surface area contributed by atoms with Gasteiger partial charge < -0.3 is 40.3 Å². The molecule has 526 valence electrons. The third-order valence-electron chi connectivity index (χ3n) is 17.2. The van der Waals surface area contributed by atoms with Gasteiger partial charge in [0.2, 0.25) is 5.91 Å². The van der Waals surface area contributed by atoms with Gasteiger partial charge in [0.15, 0.2) is 6.29 Å². The number of unbranched alkanes of at least 4 members (excludes halogenated alkanes) is 33. The summed E-state index contributed by atoms with van der Waals surface area (Å²) >= 11 is 0. The predicted octanol–water partition coefficient (Wildman–Crippen LogP) is 21.7. The summed E-state index contributed by atoms with van der Waals surface area (Å²) in [6.07, 6.45) is 101. The molecule has 9 nitrogen and oxygen atoms in total. The van der Waals surface area contributed by atoms with Crippen LogP contribution < -0.4 is 5.32 Å². The molecule has 0 saturated carbocycles. The molecule has 0 bridgehead atoms. The van der Waals surface area contributed by atoms with Crippen LogP contribution in [-0.2, 0) is 14.3 Å². The Balaban J connectivity index is 2.16. The summed E-state index contributed by atoms with van der Waals surface area (Å²) in [5.41, 5.74) is 0. The van der Waals surface area contributed by atoms with E-state index in [2.05, 4.69) is 153 Å². The van der Waals surface area contributed by atoms with E-state index in [-0.39, 0.29) is 12.5 Å². The van der Waals surface area contributed by atoms with Crippen LogP contribution in [0, 0.1) is 0 Å². The highest BCUT2D eigenvalue weighted by atomic mass is 16.7. The van der Waals surface area contributed by atoms with Crippen molar-refractivity contribution in [2.75, 3.05) is 13.2 Å². The van der Waals surface area contributed by atoms with Crippen molar-refractivity contribution in [2.45, 2.75) is 358 Å². The van der Waals surface area contributed by atoms with Gasteiger partial charge in [-0.1, -0.05) is 352 Å². The van der Waals surface area contributed by atoms with Crippen molar-refractivity contribution in [3.8, 4) is 0 Å². The summed E-state index contributed by atoms with van der Waals surface area (Å²) in [5.74, 6) is -0.198. The van der Waals surface area contributed by atoms with Crippen molar-refractivity contribution >= 4 is 5.91 Å². The molecule has 7 unspecified atom stereocenters. The lowest BCUT2D eigenvalue weighted by Gasteiger charge is -2.40. The number of hydrogen-bond acceptors (Lipinski definition) is 8. The van der Waals surface area contributed by atoms with Crippen LogP contribution in [0.3, 0.4) is 0 Å². The van der Waals surface area contributed by atoms with Crippen LogP contribution in [0.4, 0.5) is 0 Å². The molecule has 1 heterocycles. The van der Waals surface area contributed by atoms with Crippen molar-refractivity contribution in [1.29, 1.82) is 0 Å². The van der Waals surface area contributed by atoms with E-state index < -0.39 is 49.5 Å². The van der Waals surface area contributed by atoms with Crippen molar-refractivity contribution in [2.24, 2.45) is 0 Å². The largest absolute Gasteiger partial charge is 0.394 e. The van der Waals surface area contributed by atoms with Gasteiger partial charge in [-0.25, -0.2) is 0 Å². The summed E-state index contributed by atoms with van der Waals surface area (Å²) < 4.78 is 11.3. The molecule has 9 heteroatoms. The second-order valence-electron chi connectivity index (χ2n) is 25.7. The molecular weight excluding hydrogens is 1140 g/mol. The van der Waals surface area contributed by atoms with Crippen LogP contribution >= 0.6 is 0 Å². The Morgan fingerprint density at radius 3 is 1.00 bits per heavy atom. The van der Waals surface area contributed by atoms with E-state index in [0.29, 0.717) is 6.42 Å². The first kappa shape index (κ1) is 86.1. The Hall–Kier alpha value is -3.93. The molecule has 0 aromatic carbocycles. The number of carbonyl (C=O) groups is 1. The molecule has 0 aliphatic carbocycles. The fraction of sp³-hybridized carbons (Fsp3) is 0.699. The summed E-state index contributed by atoms with van der Waals surface area (Å²) in [6.45, 7) is 3.68. The molecule has 7 atom stereocenters. The molecule has 1 saturated heterocycles. The number of allylic oxidation sites excluding steroid dienone is 23. The molecular formula is C83H141NO8. The Morgan fingerprint density at radius 2 is 0.674 bits per heavy atom. The maximum atomic E-state index is 13.2. The quantitative estimate of drug-likeness (QED) is 0.0261. The standard InChI is InChI=1S/C83H141NO8/c1-3-5-7-9-11-13-15-17-19-21-23-25-27-29-31-33-35-36-37-38-39-40-41-42-43-45-47-49-51-53-55-57-59-61-63-65-67-69-71-73-79(87)84-76(75-91-83-82(90)81(89)80(88)78(74-85)92-83)77(86)72-70-68-66-64-62-60-58-56-54-52-50-48-46-44-34-32-30-28-26-24-22-20-18-16-14-12-10-8-6-4-2/h5,7,11,13,17,19,23,25,29,31,35-36,38-39,41-42,45,47,51,53,57,59,70,72,76-78,80-83,85-86,88-90H,3-4,6,8-10,12,14-16,18,20-22,24,26-28,30,32-34,37,40,43-44,46,48-50,52,54-56,58,60-69,71,73-75H2,1-2H3,(H,84,87)/b7-5-,13-11-,19-17-,25-23-,31-29-,36-35-,39-38-,42-41-,47-45-,53-51-,59-57-,72-70+. The first-order valence-electron chi connectivity index (χ1n) is 38.1. The fourth-order valence-electron chi connectivity index (χ4n) is 11.3. The second-order valence-corrected chi connectivity index (χ2v) is 25.7. The Morgan fingerprint density at radius 1 is 0.380 bits per heavy atom. The number of rotatable bonds is 65. The lowest BCUT2D eigenvalue weighted by atomic mass is 9.99. The molecule has 1 aliphatic rings. The van der Waals surface area contributed by atoms with Gasteiger partial charge in [-0.2, -0.15) is 0 Å². The third-order valence-corrected chi connectivity index (χ3v) is 17.2. The van der Waals surface area contributed by atoms with Gasteiger partial charge in [0.05, 0.1) is 25.4 Å². The van der Waals surface area contributed by atoms with Gasteiger partial charge in [0, 0.05) is 6.42 Å². The molecule has 1 aliphatic heterocycles. The lowest BCUT2D eigenvalue weighted by Crippen LogP contribution is -2.60. The van der Waals surface area contributed by atoms with Crippen molar-refractivity contribution in [3.63, 3.8) is 0 Å². The summed E-state index contributed by atoms with van der Waals surface area (Å²) in [6, 6.07) is -0.829. The minimum atomic E-state index is -1.58. The zero-order chi connectivity index (χ0) is 66.4. The number of aliphatic hydroxyl groups is 5. The van der Waals surface area contributed by atoms with Crippen LogP contribution in [-0.4, -0.2) is 87.5 Å². The minimum absolute atomic E-state index is 0.198. The van der Waals surface area contributed by atoms with Crippen LogP contribution in [0.2, 0.25) is 0 Å². The van der Waals surface area contributed by atoms with E-state index in [1.807, 2.05) is 6.08 Å². The van der Waals surface area contributed by atoms with Gasteiger partial charge in [-0.15, -0.1) is 0 Å². The fourth-order valence-corrected chi connectivity index (χ4v) is 11.3. The van der Waals surface area contributed by atoms with Gasteiger partial charge in [-0.3, -0.25) is 4.79 Å². The van der Waals surface area contributed by atoms with Crippen LogP contribution in [0.15, 0.2) is 146 Å². The molecule has 6 N–H and O–H groups in total. The molecule has 1 amide bonds. The topological polar surface area (TPSA) is 149 Å². The zero-order valence-electron chi connectivity index (χ0n) is 59.0. The van der Waals surface area contributed by atoms with E-state index in [1.165, 1.54) is 167 Å². The molecule has 1 fully saturated rings. The van der Waals surface area contributed by atoms with Crippen molar-refractivity contribution < 1.29 is 39.8 Å².